The highest BCUT2D eigenvalue weighted by atomic mass is 35.5. The second kappa shape index (κ2) is 11.6. The molecule has 0 saturated carbocycles. The van der Waals surface area contributed by atoms with Crippen LogP contribution in [0.5, 0.6) is 11.5 Å². The van der Waals surface area contributed by atoms with Gasteiger partial charge in [0, 0.05) is 51.0 Å². The Morgan fingerprint density at radius 3 is 2.10 bits per heavy atom. The number of nitrogens with one attached hydrogen (secondary N) is 1. The average molecular weight is 442 g/mol. The fourth-order valence-corrected chi connectivity index (χ4v) is 3.26. The quantitative estimate of drug-likeness (QED) is 0.737. The van der Waals surface area contributed by atoms with E-state index in [0.29, 0.717) is 6.54 Å². The lowest BCUT2D eigenvalue weighted by atomic mass is 10.2. The molecular weight excluding hydrogens is 413 g/mol. The molecule has 2 aromatic rings. The summed E-state index contributed by atoms with van der Waals surface area (Å²) in [6, 6.07) is 14.4. The topological polar surface area (TPSA) is 54.0 Å². The first-order chi connectivity index (χ1) is 13.1. The first-order valence-electron chi connectivity index (χ1n) is 9.16. The van der Waals surface area contributed by atoms with E-state index in [2.05, 4.69) is 34.5 Å². The van der Waals surface area contributed by atoms with Crippen molar-refractivity contribution in [3.63, 3.8) is 0 Å². The van der Waals surface area contributed by atoms with E-state index in [1.807, 2.05) is 23.1 Å². The number of benzene rings is 2. The predicted molar refractivity (Wildman–Crippen MR) is 122 cm³/mol. The van der Waals surface area contributed by atoms with Crippen LogP contribution in [0.25, 0.3) is 0 Å². The molecule has 0 atom stereocenters. The Bertz CT molecular complexity index is 779. The molecule has 8 heteroatoms. The van der Waals surface area contributed by atoms with E-state index < -0.39 is 0 Å². The van der Waals surface area contributed by atoms with Gasteiger partial charge in [0.25, 0.3) is 0 Å². The number of methoxy groups -OCH3 is 2. The molecule has 1 amide bonds. The molecule has 3 rings (SSSR count). The van der Waals surface area contributed by atoms with Gasteiger partial charge in [-0.3, -0.25) is 4.79 Å². The number of halogens is 2. The molecule has 0 bridgehead atoms. The number of nitrogens with zero attached hydrogens (tertiary/aromatic N) is 2. The van der Waals surface area contributed by atoms with Crippen molar-refractivity contribution in [2.24, 2.45) is 0 Å². The SMILES string of the molecule is COc1ccc(CNc2ccc(N3CCN(C(C)=O)CC3)cc2)cc1OC.Cl.Cl. The molecule has 0 unspecified atom stereocenters. The lowest BCUT2D eigenvalue weighted by molar-refractivity contribution is -0.129. The number of carbonyl (C=O) groups is 1. The summed E-state index contributed by atoms with van der Waals surface area (Å²) in [5, 5.41) is 3.43. The largest absolute Gasteiger partial charge is 0.493 e. The Kier molecular flexibility index (Phi) is 9.92. The van der Waals surface area contributed by atoms with Crippen molar-refractivity contribution in [3.05, 3.63) is 48.0 Å². The molecular formula is C21H29Cl2N3O3. The minimum absolute atomic E-state index is 0. The van der Waals surface area contributed by atoms with Crippen LogP contribution in [0.3, 0.4) is 0 Å². The van der Waals surface area contributed by atoms with Crippen molar-refractivity contribution in [1.29, 1.82) is 0 Å². The molecule has 0 aromatic heterocycles. The van der Waals surface area contributed by atoms with E-state index in [-0.39, 0.29) is 30.7 Å². The third-order valence-electron chi connectivity index (χ3n) is 4.90. The number of carbonyl (C=O) groups excluding carboxylic acids is 1. The molecule has 1 N–H and O–H groups in total. The molecule has 6 nitrogen and oxygen atoms in total. The smallest absolute Gasteiger partial charge is 0.219 e. The highest BCUT2D eigenvalue weighted by Gasteiger charge is 2.18. The van der Waals surface area contributed by atoms with Crippen LogP contribution in [0.2, 0.25) is 0 Å². The molecule has 160 valence electrons. The van der Waals surface area contributed by atoms with Crippen molar-refractivity contribution in [2.75, 3.05) is 50.6 Å². The number of anilines is 2. The van der Waals surface area contributed by atoms with Gasteiger partial charge in [-0.25, -0.2) is 0 Å². The molecule has 0 aliphatic carbocycles. The van der Waals surface area contributed by atoms with Crippen molar-refractivity contribution < 1.29 is 14.3 Å². The summed E-state index contributed by atoms with van der Waals surface area (Å²) in [7, 11) is 3.28. The van der Waals surface area contributed by atoms with Gasteiger partial charge in [-0.15, -0.1) is 24.8 Å². The lowest BCUT2D eigenvalue weighted by Crippen LogP contribution is -2.48. The molecule has 0 spiro atoms. The van der Waals surface area contributed by atoms with E-state index in [4.69, 9.17) is 9.47 Å². The highest BCUT2D eigenvalue weighted by molar-refractivity contribution is 5.85. The summed E-state index contributed by atoms with van der Waals surface area (Å²) < 4.78 is 10.6. The van der Waals surface area contributed by atoms with Gasteiger partial charge in [-0.1, -0.05) is 6.07 Å². The molecule has 1 saturated heterocycles. The van der Waals surface area contributed by atoms with Gasteiger partial charge in [0.2, 0.25) is 5.91 Å². The zero-order valence-corrected chi connectivity index (χ0v) is 18.6. The monoisotopic (exact) mass is 441 g/mol. The molecule has 29 heavy (non-hydrogen) atoms. The van der Waals surface area contributed by atoms with Crippen molar-refractivity contribution in [2.45, 2.75) is 13.5 Å². The minimum Gasteiger partial charge on any atom is -0.493 e. The van der Waals surface area contributed by atoms with Crippen LogP contribution in [0.1, 0.15) is 12.5 Å². The lowest BCUT2D eigenvalue weighted by Gasteiger charge is -2.35. The fourth-order valence-electron chi connectivity index (χ4n) is 3.26. The standard InChI is InChI=1S/C21H27N3O3.2ClH/c1-16(25)23-10-12-24(13-11-23)19-7-5-18(6-8-19)22-15-17-4-9-20(26-2)21(14-17)27-3;;/h4-9,14,22H,10-13,15H2,1-3H3;2*1H. The van der Waals surface area contributed by atoms with Gasteiger partial charge >= 0.3 is 0 Å². The molecule has 1 aliphatic heterocycles. The second-order valence-electron chi connectivity index (χ2n) is 6.58. The number of hydrogen-bond donors (Lipinski definition) is 1. The van der Waals surface area contributed by atoms with Gasteiger partial charge in [0.05, 0.1) is 14.2 Å². The van der Waals surface area contributed by atoms with Crippen LogP contribution in [0.15, 0.2) is 42.5 Å². The first-order valence-corrected chi connectivity index (χ1v) is 9.16. The second-order valence-corrected chi connectivity index (χ2v) is 6.58. The van der Waals surface area contributed by atoms with Gasteiger partial charge in [-0.2, -0.15) is 0 Å². The predicted octanol–water partition coefficient (Wildman–Crippen LogP) is 3.83. The van der Waals surface area contributed by atoms with Crippen LogP contribution >= 0.6 is 24.8 Å². The summed E-state index contributed by atoms with van der Waals surface area (Å²) in [6.45, 7) is 5.66. The first kappa shape index (κ1) is 24.7. The normalized spacial score (nSPS) is 13.1. The third kappa shape index (κ3) is 6.34. The van der Waals surface area contributed by atoms with E-state index in [1.54, 1.807) is 21.1 Å². The van der Waals surface area contributed by atoms with Gasteiger partial charge in [0.1, 0.15) is 0 Å². The molecule has 1 fully saturated rings. The number of amides is 1. The molecule has 1 heterocycles. The van der Waals surface area contributed by atoms with Crippen molar-refractivity contribution in [1.82, 2.24) is 4.90 Å². The maximum absolute atomic E-state index is 11.4. The van der Waals surface area contributed by atoms with E-state index >= 15 is 0 Å². The Morgan fingerprint density at radius 1 is 0.931 bits per heavy atom. The summed E-state index contributed by atoms with van der Waals surface area (Å²) >= 11 is 0. The number of hydrogen-bond acceptors (Lipinski definition) is 5. The summed E-state index contributed by atoms with van der Waals surface area (Å²) in [5.74, 6) is 1.62. The van der Waals surface area contributed by atoms with Crippen molar-refractivity contribution >= 4 is 42.1 Å². The minimum atomic E-state index is 0. The van der Waals surface area contributed by atoms with E-state index in [9.17, 15) is 4.79 Å². The van der Waals surface area contributed by atoms with Crippen LogP contribution in [-0.2, 0) is 11.3 Å². The Morgan fingerprint density at radius 2 is 1.55 bits per heavy atom. The zero-order valence-electron chi connectivity index (χ0n) is 17.0. The fraction of sp³-hybridized carbons (Fsp3) is 0.381. The number of rotatable bonds is 6. The maximum atomic E-state index is 11.4. The van der Waals surface area contributed by atoms with Gasteiger partial charge < -0.3 is 24.6 Å². The van der Waals surface area contributed by atoms with Gasteiger partial charge in [-0.05, 0) is 42.0 Å². The zero-order chi connectivity index (χ0) is 19.2. The molecule has 0 radical (unpaired) electrons. The molecule has 2 aromatic carbocycles. The van der Waals surface area contributed by atoms with Gasteiger partial charge in [0.15, 0.2) is 11.5 Å². The molecule has 1 aliphatic rings. The summed E-state index contributed by atoms with van der Waals surface area (Å²) in [4.78, 5) is 15.7. The van der Waals surface area contributed by atoms with Crippen LogP contribution in [-0.4, -0.2) is 51.2 Å². The van der Waals surface area contributed by atoms with E-state index in [0.717, 1.165) is 48.9 Å². The van der Waals surface area contributed by atoms with E-state index in [1.165, 1.54) is 5.69 Å². The maximum Gasteiger partial charge on any atom is 0.219 e. The highest BCUT2D eigenvalue weighted by Crippen LogP contribution is 2.28. The summed E-state index contributed by atoms with van der Waals surface area (Å²) in [6.07, 6.45) is 0. The number of ether oxygens (including phenoxy) is 2. The Labute approximate surface area is 185 Å². The Hall–Kier alpha value is -2.31. The van der Waals surface area contributed by atoms with Crippen LogP contribution in [0, 0.1) is 0 Å². The third-order valence-corrected chi connectivity index (χ3v) is 4.90. The van der Waals surface area contributed by atoms with Crippen molar-refractivity contribution in [3.8, 4) is 11.5 Å². The van der Waals surface area contributed by atoms with Crippen LogP contribution < -0.4 is 19.7 Å². The summed E-state index contributed by atoms with van der Waals surface area (Å²) in [5.41, 5.74) is 3.38. The Balaban J connectivity index is 0.00000210. The van der Waals surface area contributed by atoms with Crippen LogP contribution in [0.4, 0.5) is 11.4 Å². The number of piperazine rings is 1. The average Bonchev–Trinajstić information content (AvgIpc) is 2.72.